The van der Waals surface area contributed by atoms with E-state index < -0.39 is 11.2 Å². The van der Waals surface area contributed by atoms with Crippen LogP contribution in [-0.4, -0.2) is 36.4 Å². The molecule has 0 bridgehead atoms. The second-order valence-corrected chi connectivity index (χ2v) is 8.14. The van der Waals surface area contributed by atoms with Crippen molar-refractivity contribution in [3.8, 4) is 0 Å². The lowest BCUT2D eigenvalue weighted by Crippen LogP contribution is -2.38. The van der Waals surface area contributed by atoms with Gasteiger partial charge in [-0.3, -0.25) is 4.79 Å². The minimum atomic E-state index is -0.487. The lowest BCUT2D eigenvalue weighted by atomic mass is 9.93. The fourth-order valence-corrected chi connectivity index (χ4v) is 3.74. The van der Waals surface area contributed by atoms with Crippen LogP contribution in [0.3, 0.4) is 0 Å². The number of carbonyl (C=O) groups excluding carboxylic acids is 1. The van der Waals surface area contributed by atoms with Gasteiger partial charge in [-0.25, -0.2) is 0 Å². The second kappa shape index (κ2) is 9.53. The van der Waals surface area contributed by atoms with E-state index in [9.17, 15) is 4.79 Å². The fraction of sp³-hybridized carbons (Fsp3) is 0.458. The van der Waals surface area contributed by atoms with Crippen LogP contribution in [0.1, 0.15) is 39.2 Å². The molecule has 0 radical (unpaired) electrons. The highest BCUT2D eigenvalue weighted by molar-refractivity contribution is 5.91. The summed E-state index contributed by atoms with van der Waals surface area (Å²) in [6, 6.07) is 19.5. The van der Waals surface area contributed by atoms with Crippen LogP contribution in [-0.2, 0) is 25.6 Å². The van der Waals surface area contributed by atoms with Crippen LogP contribution in [0.4, 0.5) is 5.69 Å². The van der Waals surface area contributed by atoms with E-state index in [1.165, 1.54) is 0 Å². The van der Waals surface area contributed by atoms with Gasteiger partial charge in [-0.2, -0.15) is 0 Å². The van der Waals surface area contributed by atoms with Gasteiger partial charge >= 0.3 is 0 Å². The maximum Gasteiger partial charge on any atom is 0.250 e. The highest BCUT2D eigenvalue weighted by Gasteiger charge is 2.51. The van der Waals surface area contributed by atoms with Crippen molar-refractivity contribution in [3.63, 3.8) is 0 Å². The molecule has 0 saturated carbocycles. The summed E-state index contributed by atoms with van der Waals surface area (Å²) in [5.74, 6) is -0.165. The van der Waals surface area contributed by atoms with Gasteiger partial charge < -0.3 is 19.5 Å². The largest absolute Gasteiger partial charge is 0.374 e. The first-order chi connectivity index (χ1) is 13.9. The first-order valence-electron chi connectivity index (χ1n) is 10.2. The molecule has 2 atom stereocenters. The number of rotatable bonds is 9. The van der Waals surface area contributed by atoms with Gasteiger partial charge in [0.1, 0.15) is 6.61 Å². The number of ether oxygens (including phenoxy) is 3. The average Bonchev–Trinajstić information content (AvgIpc) is 2.98. The van der Waals surface area contributed by atoms with Crippen molar-refractivity contribution in [2.45, 2.75) is 57.5 Å². The Hall–Kier alpha value is -2.21. The fourth-order valence-electron chi connectivity index (χ4n) is 3.74. The van der Waals surface area contributed by atoms with Gasteiger partial charge in [0.15, 0.2) is 0 Å². The Balaban J connectivity index is 1.52. The molecule has 1 aliphatic rings. The van der Waals surface area contributed by atoms with Crippen LogP contribution < -0.4 is 5.32 Å². The van der Waals surface area contributed by atoms with Gasteiger partial charge in [-0.1, -0.05) is 55.5 Å². The van der Waals surface area contributed by atoms with Gasteiger partial charge in [0.2, 0.25) is 5.91 Å². The van der Waals surface area contributed by atoms with Crippen LogP contribution in [0.15, 0.2) is 60.7 Å². The number of benzene rings is 2. The van der Waals surface area contributed by atoms with Gasteiger partial charge in [-0.05, 0) is 38.0 Å². The summed E-state index contributed by atoms with van der Waals surface area (Å²) in [6.45, 7) is 7.18. The molecule has 2 unspecified atom stereocenters. The minimum absolute atomic E-state index is 0.00296. The number of nitrogens with one attached hydrogen (secondary N) is 1. The van der Waals surface area contributed by atoms with E-state index in [4.69, 9.17) is 14.2 Å². The van der Waals surface area contributed by atoms with Crippen LogP contribution >= 0.6 is 0 Å². The molecule has 3 rings (SSSR count). The number of amides is 1. The molecule has 156 valence electrons. The van der Waals surface area contributed by atoms with Crippen molar-refractivity contribution >= 4 is 11.6 Å². The molecular weight excluding hydrogens is 366 g/mol. The minimum Gasteiger partial charge on any atom is -0.374 e. The number of hydrogen-bond donors (Lipinski definition) is 1. The van der Waals surface area contributed by atoms with Crippen LogP contribution in [0, 0.1) is 0 Å². The van der Waals surface area contributed by atoms with Crippen molar-refractivity contribution in [1.82, 2.24) is 0 Å². The van der Waals surface area contributed by atoms with Gasteiger partial charge in [0.05, 0.1) is 30.5 Å². The van der Waals surface area contributed by atoms with Crippen molar-refractivity contribution < 1.29 is 19.0 Å². The van der Waals surface area contributed by atoms with Gasteiger partial charge in [0, 0.05) is 12.1 Å². The molecule has 1 fully saturated rings. The van der Waals surface area contributed by atoms with E-state index >= 15 is 0 Å². The van der Waals surface area contributed by atoms with E-state index in [2.05, 4.69) is 24.4 Å². The van der Waals surface area contributed by atoms with E-state index in [0.717, 1.165) is 17.7 Å². The lowest BCUT2D eigenvalue weighted by Gasteiger charge is -2.30. The molecule has 5 heteroatoms. The van der Waals surface area contributed by atoms with Gasteiger partial charge in [-0.15, -0.1) is 0 Å². The molecule has 0 aliphatic carbocycles. The number of anilines is 1. The molecule has 2 aromatic carbocycles. The number of para-hydroxylation sites is 1. The second-order valence-electron chi connectivity index (χ2n) is 8.14. The summed E-state index contributed by atoms with van der Waals surface area (Å²) < 4.78 is 18.4. The Morgan fingerprint density at radius 3 is 2.41 bits per heavy atom. The lowest BCUT2D eigenvalue weighted by molar-refractivity contribution is -0.144. The van der Waals surface area contributed by atoms with E-state index in [0.29, 0.717) is 19.6 Å². The SMILES string of the molecule is CCC1(COCc2ccccc2)CC(OCC(=O)Nc2ccccc2)C(C)(C)O1. The smallest absolute Gasteiger partial charge is 0.250 e. The van der Waals surface area contributed by atoms with Crippen molar-refractivity contribution in [2.75, 3.05) is 18.5 Å². The summed E-state index contributed by atoms with van der Waals surface area (Å²) in [6.07, 6.45) is 1.34. The Bertz CT molecular complexity index is 778. The van der Waals surface area contributed by atoms with Crippen LogP contribution in [0.2, 0.25) is 0 Å². The van der Waals surface area contributed by atoms with Crippen molar-refractivity contribution in [2.24, 2.45) is 0 Å². The maximum atomic E-state index is 12.2. The molecule has 1 aliphatic heterocycles. The first-order valence-corrected chi connectivity index (χ1v) is 10.2. The standard InChI is InChI=1S/C24H31NO4/c1-4-24(18-27-16-19-11-7-5-8-12-19)15-21(23(2,3)29-24)28-17-22(26)25-20-13-9-6-10-14-20/h5-14,21H,4,15-18H2,1-3H3,(H,25,26). The molecule has 2 aromatic rings. The summed E-state index contributed by atoms with van der Waals surface area (Å²) >= 11 is 0. The summed E-state index contributed by atoms with van der Waals surface area (Å²) in [7, 11) is 0. The quantitative estimate of drug-likeness (QED) is 0.673. The first kappa shape index (κ1) is 21.5. The zero-order chi connectivity index (χ0) is 20.7. The monoisotopic (exact) mass is 397 g/mol. The zero-order valence-electron chi connectivity index (χ0n) is 17.5. The van der Waals surface area contributed by atoms with Crippen molar-refractivity contribution in [1.29, 1.82) is 0 Å². The maximum absolute atomic E-state index is 12.2. The Kier molecular flexibility index (Phi) is 7.06. The van der Waals surface area contributed by atoms with Crippen molar-refractivity contribution in [3.05, 3.63) is 66.2 Å². The summed E-state index contributed by atoms with van der Waals surface area (Å²) in [5, 5.41) is 2.85. The molecule has 1 amide bonds. The summed E-state index contributed by atoms with van der Waals surface area (Å²) in [4.78, 5) is 12.2. The topological polar surface area (TPSA) is 56.8 Å². The Morgan fingerprint density at radius 2 is 1.76 bits per heavy atom. The Morgan fingerprint density at radius 1 is 1.10 bits per heavy atom. The number of carbonyl (C=O) groups is 1. The molecule has 1 N–H and O–H groups in total. The van der Waals surface area contributed by atoms with E-state index in [1.54, 1.807) is 0 Å². The molecule has 0 spiro atoms. The molecule has 1 heterocycles. The molecular formula is C24H31NO4. The average molecular weight is 398 g/mol. The highest BCUT2D eigenvalue weighted by Crippen LogP contribution is 2.42. The van der Waals surface area contributed by atoms with E-state index in [-0.39, 0.29) is 18.6 Å². The molecule has 1 saturated heterocycles. The predicted molar refractivity (Wildman–Crippen MR) is 114 cm³/mol. The highest BCUT2D eigenvalue weighted by atomic mass is 16.6. The van der Waals surface area contributed by atoms with E-state index in [1.807, 2.05) is 62.4 Å². The van der Waals surface area contributed by atoms with Crippen LogP contribution in [0.25, 0.3) is 0 Å². The predicted octanol–water partition coefficient (Wildman–Crippen LogP) is 4.57. The third-order valence-corrected chi connectivity index (χ3v) is 5.41. The van der Waals surface area contributed by atoms with Gasteiger partial charge in [0.25, 0.3) is 0 Å². The molecule has 29 heavy (non-hydrogen) atoms. The molecule has 5 nitrogen and oxygen atoms in total. The number of hydrogen-bond acceptors (Lipinski definition) is 4. The normalized spacial score (nSPS) is 23.1. The Labute approximate surface area is 173 Å². The zero-order valence-corrected chi connectivity index (χ0v) is 17.5. The summed E-state index contributed by atoms with van der Waals surface area (Å²) in [5.41, 5.74) is 1.01. The molecule has 0 aromatic heterocycles. The third-order valence-electron chi connectivity index (χ3n) is 5.41. The van der Waals surface area contributed by atoms with Crippen LogP contribution in [0.5, 0.6) is 0 Å². The third kappa shape index (κ3) is 5.89.